The highest BCUT2D eigenvalue weighted by molar-refractivity contribution is 5.92. The molecule has 4 aromatic heterocycles. The molecule has 11 heteroatoms. The zero-order valence-electron chi connectivity index (χ0n) is 17.4. The van der Waals surface area contributed by atoms with E-state index in [-0.39, 0.29) is 23.8 Å². The van der Waals surface area contributed by atoms with E-state index in [4.69, 9.17) is 0 Å². The van der Waals surface area contributed by atoms with Gasteiger partial charge in [0.25, 0.3) is 5.91 Å². The van der Waals surface area contributed by atoms with E-state index in [0.29, 0.717) is 29.1 Å². The van der Waals surface area contributed by atoms with Crippen molar-refractivity contribution in [1.82, 2.24) is 39.8 Å². The number of H-pyrrole nitrogens is 1. The topological polar surface area (TPSA) is 126 Å². The molecule has 0 radical (unpaired) electrons. The number of amides is 1. The molecule has 0 spiro atoms. The second kappa shape index (κ2) is 8.33. The number of imidazole rings is 1. The van der Waals surface area contributed by atoms with E-state index in [1.807, 2.05) is 7.05 Å². The Kier molecular flexibility index (Phi) is 5.21. The van der Waals surface area contributed by atoms with Gasteiger partial charge >= 0.3 is 0 Å². The van der Waals surface area contributed by atoms with Gasteiger partial charge in [-0.15, -0.1) is 0 Å². The van der Waals surface area contributed by atoms with Crippen LogP contribution >= 0.6 is 0 Å². The number of aromatic amines is 1. The van der Waals surface area contributed by atoms with Crippen LogP contribution in [-0.2, 0) is 7.05 Å². The van der Waals surface area contributed by atoms with E-state index in [0.717, 1.165) is 30.8 Å². The number of hydrogen-bond donors (Lipinski definition) is 3. The van der Waals surface area contributed by atoms with Crippen molar-refractivity contribution in [3.05, 3.63) is 49.0 Å². The van der Waals surface area contributed by atoms with Crippen LogP contribution < -0.4 is 10.6 Å². The van der Waals surface area contributed by atoms with Gasteiger partial charge in [0.2, 0.25) is 0 Å². The van der Waals surface area contributed by atoms with E-state index in [1.165, 1.54) is 6.33 Å². The van der Waals surface area contributed by atoms with Crippen LogP contribution in [-0.4, -0.2) is 52.5 Å². The lowest BCUT2D eigenvalue weighted by molar-refractivity contribution is 0.0921. The Hall–Kier alpha value is -3.89. The monoisotopic (exact) mass is 435 g/mol. The molecule has 0 bridgehead atoms. The number of fused-ring (bicyclic) bond motifs is 1. The second-order valence-corrected chi connectivity index (χ2v) is 7.98. The van der Waals surface area contributed by atoms with Crippen LogP contribution in [0.5, 0.6) is 0 Å². The van der Waals surface area contributed by atoms with Crippen molar-refractivity contribution >= 4 is 22.8 Å². The van der Waals surface area contributed by atoms with E-state index >= 15 is 0 Å². The summed E-state index contributed by atoms with van der Waals surface area (Å²) in [6.45, 7) is 0. The number of aromatic nitrogens is 7. The Morgan fingerprint density at radius 3 is 2.94 bits per heavy atom. The zero-order chi connectivity index (χ0) is 22.1. The number of halogens is 1. The Balaban J connectivity index is 1.30. The lowest BCUT2D eigenvalue weighted by atomic mass is 9.91. The highest BCUT2D eigenvalue weighted by Gasteiger charge is 2.25. The lowest BCUT2D eigenvalue weighted by Crippen LogP contribution is -2.42. The number of carbonyl (C=O) groups excluding carboxylic acids is 1. The summed E-state index contributed by atoms with van der Waals surface area (Å²) in [5, 5.41) is 7.01. The van der Waals surface area contributed by atoms with Crippen molar-refractivity contribution < 1.29 is 9.18 Å². The SMILES string of the molecule is Cn1cnc(C(=O)NC2CCCC(Nc3nc(-c4c[nH]c5ncncc45)ncc3F)C2)c1. The van der Waals surface area contributed by atoms with E-state index < -0.39 is 5.82 Å². The standard InChI is InChI=1S/C21H22FN9O/c1-31-9-17(27-11-31)21(32)29-13-4-2-3-12(5-13)28-20-16(22)8-25-19(30-20)15-7-24-18-14(15)6-23-10-26-18/h6-13H,2-5H2,1H3,(H,29,32)(H,23,24,26)(H,25,28,30). The van der Waals surface area contributed by atoms with Gasteiger partial charge < -0.3 is 20.2 Å². The summed E-state index contributed by atoms with van der Waals surface area (Å²) in [5.74, 6) is -0.202. The number of nitrogens with one attached hydrogen (secondary N) is 3. The van der Waals surface area contributed by atoms with Crippen LogP contribution in [0.4, 0.5) is 10.2 Å². The molecule has 1 fully saturated rings. The molecule has 2 atom stereocenters. The first kappa shape index (κ1) is 20.0. The third-order valence-corrected chi connectivity index (χ3v) is 5.63. The molecule has 1 saturated carbocycles. The maximum atomic E-state index is 14.5. The predicted molar refractivity (Wildman–Crippen MR) is 115 cm³/mol. The van der Waals surface area contributed by atoms with Gasteiger partial charge in [-0.3, -0.25) is 4.79 Å². The summed E-state index contributed by atoms with van der Waals surface area (Å²) in [5.41, 5.74) is 1.75. The largest absolute Gasteiger partial charge is 0.365 e. The number of anilines is 1. The number of aryl methyl sites for hydroxylation is 1. The molecule has 1 amide bonds. The Bertz CT molecular complexity index is 1270. The van der Waals surface area contributed by atoms with Crippen molar-refractivity contribution in [1.29, 1.82) is 0 Å². The first-order chi connectivity index (χ1) is 15.6. The number of nitrogens with zero attached hydrogens (tertiary/aromatic N) is 6. The minimum atomic E-state index is -0.524. The fraction of sp³-hybridized carbons (Fsp3) is 0.333. The van der Waals surface area contributed by atoms with Gasteiger partial charge in [0.05, 0.1) is 12.5 Å². The van der Waals surface area contributed by atoms with Gasteiger partial charge in [-0.05, 0) is 25.7 Å². The van der Waals surface area contributed by atoms with E-state index in [1.54, 1.807) is 29.5 Å². The van der Waals surface area contributed by atoms with Gasteiger partial charge in [0.15, 0.2) is 17.5 Å². The number of rotatable bonds is 5. The van der Waals surface area contributed by atoms with Crippen molar-refractivity contribution in [2.24, 2.45) is 7.05 Å². The maximum absolute atomic E-state index is 14.5. The summed E-state index contributed by atoms with van der Waals surface area (Å²) in [6.07, 6.45) is 12.6. The van der Waals surface area contributed by atoms with Crippen molar-refractivity contribution in [3.63, 3.8) is 0 Å². The average Bonchev–Trinajstić information content (AvgIpc) is 3.42. The molecule has 3 N–H and O–H groups in total. The second-order valence-electron chi connectivity index (χ2n) is 7.98. The van der Waals surface area contributed by atoms with Crippen LogP contribution in [0, 0.1) is 5.82 Å². The van der Waals surface area contributed by atoms with Crippen molar-refractivity contribution in [2.75, 3.05) is 5.32 Å². The molecule has 5 rings (SSSR count). The average molecular weight is 435 g/mol. The molecule has 4 heterocycles. The minimum Gasteiger partial charge on any atom is -0.365 e. The lowest BCUT2D eigenvalue weighted by Gasteiger charge is -2.30. The number of hydrogen-bond acceptors (Lipinski definition) is 7. The molecule has 1 aliphatic carbocycles. The molecule has 0 aliphatic heterocycles. The molecule has 2 unspecified atom stereocenters. The minimum absolute atomic E-state index is 0.0223. The molecule has 164 valence electrons. The smallest absolute Gasteiger partial charge is 0.271 e. The summed E-state index contributed by atoms with van der Waals surface area (Å²) >= 11 is 0. The Morgan fingerprint density at radius 2 is 2.09 bits per heavy atom. The quantitative estimate of drug-likeness (QED) is 0.439. The maximum Gasteiger partial charge on any atom is 0.271 e. The predicted octanol–water partition coefficient (Wildman–Crippen LogP) is 2.44. The molecule has 1 aliphatic rings. The van der Waals surface area contributed by atoms with E-state index in [9.17, 15) is 9.18 Å². The normalized spacial score (nSPS) is 18.6. The fourth-order valence-electron chi connectivity index (χ4n) is 4.08. The molecular formula is C21H22FN9O. The molecule has 10 nitrogen and oxygen atoms in total. The fourth-order valence-corrected chi connectivity index (χ4v) is 4.08. The van der Waals surface area contributed by atoms with Crippen LogP contribution in [0.25, 0.3) is 22.4 Å². The van der Waals surface area contributed by atoms with Gasteiger partial charge in [-0.1, -0.05) is 0 Å². The summed E-state index contributed by atoms with van der Waals surface area (Å²) in [7, 11) is 1.82. The Labute approximate surface area is 182 Å². The van der Waals surface area contributed by atoms with Gasteiger partial charge in [0.1, 0.15) is 17.7 Å². The van der Waals surface area contributed by atoms with Gasteiger partial charge in [0, 0.05) is 48.7 Å². The summed E-state index contributed by atoms with van der Waals surface area (Å²) in [6, 6.07) is -0.0489. The van der Waals surface area contributed by atoms with E-state index in [2.05, 4.69) is 40.5 Å². The van der Waals surface area contributed by atoms with Crippen LogP contribution in [0.1, 0.15) is 36.2 Å². The van der Waals surface area contributed by atoms with Crippen LogP contribution in [0.2, 0.25) is 0 Å². The van der Waals surface area contributed by atoms with Gasteiger partial charge in [-0.25, -0.2) is 29.3 Å². The molecule has 32 heavy (non-hydrogen) atoms. The van der Waals surface area contributed by atoms with Gasteiger partial charge in [-0.2, -0.15) is 0 Å². The third-order valence-electron chi connectivity index (χ3n) is 5.63. The Morgan fingerprint density at radius 1 is 1.22 bits per heavy atom. The number of carbonyl (C=O) groups is 1. The zero-order valence-corrected chi connectivity index (χ0v) is 17.4. The van der Waals surface area contributed by atoms with Crippen molar-refractivity contribution in [3.8, 4) is 11.4 Å². The molecule has 0 aromatic carbocycles. The highest BCUT2D eigenvalue weighted by atomic mass is 19.1. The first-order valence-corrected chi connectivity index (χ1v) is 10.4. The summed E-state index contributed by atoms with van der Waals surface area (Å²) in [4.78, 5) is 36.3. The molecule has 4 aromatic rings. The highest BCUT2D eigenvalue weighted by Crippen LogP contribution is 2.27. The van der Waals surface area contributed by atoms with Crippen LogP contribution in [0.15, 0.2) is 37.4 Å². The summed E-state index contributed by atoms with van der Waals surface area (Å²) < 4.78 is 16.2. The third kappa shape index (κ3) is 4.01. The van der Waals surface area contributed by atoms with Crippen molar-refractivity contribution in [2.45, 2.75) is 37.8 Å². The van der Waals surface area contributed by atoms with Crippen LogP contribution in [0.3, 0.4) is 0 Å². The molecular weight excluding hydrogens is 413 g/mol. The molecule has 0 saturated heterocycles. The first-order valence-electron chi connectivity index (χ1n) is 10.4.